The molecule has 0 atom stereocenters. The van der Waals surface area contributed by atoms with E-state index in [1.54, 1.807) is 0 Å². The van der Waals surface area contributed by atoms with Crippen molar-refractivity contribution in [2.75, 3.05) is 0 Å². The highest BCUT2D eigenvalue weighted by Gasteiger charge is 2.32. The van der Waals surface area contributed by atoms with Gasteiger partial charge in [-0.05, 0) is 23.8 Å². The van der Waals surface area contributed by atoms with Crippen LogP contribution in [0.15, 0.2) is 23.8 Å². The third-order valence-electron chi connectivity index (χ3n) is 1.73. The molecule has 3 nitrogen and oxygen atoms in total. The standard InChI is InChI=1S/C11H4F4N2O/c12-9-2-1-7(3-8(5-16)6-17)4-10(9)18-11(13,14)15/h1-4H. The van der Waals surface area contributed by atoms with Crippen LogP contribution in [0.2, 0.25) is 0 Å². The fourth-order valence-corrected chi connectivity index (χ4v) is 1.07. The molecule has 0 N–H and O–H groups in total. The summed E-state index contributed by atoms with van der Waals surface area (Å²) >= 11 is 0. The highest BCUT2D eigenvalue weighted by molar-refractivity contribution is 5.63. The lowest BCUT2D eigenvalue weighted by molar-refractivity contribution is -0.275. The van der Waals surface area contributed by atoms with Crippen LogP contribution in [0.3, 0.4) is 0 Å². The Balaban J connectivity index is 3.14. The van der Waals surface area contributed by atoms with Gasteiger partial charge in [0.2, 0.25) is 0 Å². The molecule has 0 saturated carbocycles. The van der Waals surface area contributed by atoms with Crippen LogP contribution in [0.1, 0.15) is 5.56 Å². The van der Waals surface area contributed by atoms with Gasteiger partial charge in [0.1, 0.15) is 17.7 Å². The van der Waals surface area contributed by atoms with Gasteiger partial charge in [-0.2, -0.15) is 10.5 Å². The van der Waals surface area contributed by atoms with Gasteiger partial charge < -0.3 is 4.74 Å². The zero-order valence-electron chi connectivity index (χ0n) is 8.62. The predicted molar refractivity (Wildman–Crippen MR) is 52.3 cm³/mol. The van der Waals surface area contributed by atoms with Crippen LogP contribution in [-0.4, -0.2) is 6.36 Å². The topological polar surface area (TPSA) is 56.8 Å². The molecule has 0 bridgehead atoms. The van der Waals surface area contributed by atoms with Gasteiger partial charge in [-0.1, -0.05) is 6.07 Å². The molecule has 0 heterocycles. The first kappa shape index (κ1) is 13.5. The monoisotopic (exact) mass is 256 g/mol. The highest BCUT2D eigenvalue weighted by Crippen LogP contribution is 2.27. The Morgan fingerprint density at radius 2 is 1.83 bits per heavy atom. The van der Waals surface area contributed by atoms with Crippen LogP contribution in [0.25, 0.3) is 6.08 Å². The lowest BCUT2D eigenvalue weighted by atomic mass is 10.1. The van der Waals surface area contributed by atoms with Gasteiger partial charge in [0, 0.05) is 0 Å². The maximum atomic E-state index is 13.0. The molecule has 1 aromatic carbocycles. The molecule has 0 aliphatic rings. The van der Waals surface area contributed by atoms with Crippen LogP contribution in [-0.2, 0) is 0 Å². The molecule has 0 radical (unpaired) electrons. The van der Waals surface area contributed by atoms with Crippen molar-refractivity contribution in [1.82, 2.24) is 0 Å². The molecule has 1 rings (SSSR count). The normalized spacial score (nSPS) is 10.1. The van der Waals surface area contributed by atoms with Crippen molar-refractivity contribution in [3.05, 3.63) is 35.2 Å². The Hall–Kier alpha value is -2.54. The molecule has 7 heteroatoms. The molecule has 18 heavy (non-hydrogen) atoms. The first-order valence-corrected chi connectivity index (χ1v) is 4.43. The lowest BCUT2D eigenvalue weighted by Gasteiger charge is -2.09. The Labute approximate surface area is 99.1 Å². The molecule has 0 aliphatic carbocycles. The van der Waals surface area contributed by atoms with E-state index in [-0.39, 0.29) is 11.1 Å². The van der Waals surface area contributed by atoms with Crippen LogP contribution < -0.4 is 4.74 Å². The maximum Gasteiger partial charge on any atom is 0.573 e. The third-order valence-corrected chi connectivity index (χ3v) is 1.73. The van der Waals surface area contributed by atoms with Crippen molar-refractivity contribution < 1.29 is 22.3 Å². The number of rotatable bonds is 2. The van der Waals surface area contributed by atoms with E-state index >= 15 is 0 Å². The van der Waals surface area contributed by atoms with Gasteiger partial charge in [-0.15, -0.1) is 13.2 Å². The van der Waals surface area contributed by atoms with E-state index < -0.39 is 17.9 Å². The Bertz CT molecular complexity index is 548. The van der Waals surface area contributed by atoms with Crippen molar-refractivity contribution in [1.29, 1.82) is 10.5 Å². The Kier molecular flexibility index (Phi) is 3.90. The number of alkyl halides is 3. The van der Waals surface area contributed by atoms with Crippen LogP contribution in [0.5, 0.6) is 5.75 Å². The molecular weight excluding hydrogens is 252 g/mol. The molecule has 0 aromatic heterocycles. The zero-order chi connectivity index (χ0) is 13.8. The average molecular weight is 256 g/mol. The van der Waals surface area contributed by atoms with Crippen LogP contribution >= 0.6 is 0 Å². The number of nitriles is 2. The zero-order valence-corrected chi connectivity index (χ0v) is 8.62. The second-order valence-electron chi connectivity index (χ2n) is 3.02. The summed E-state index contributed by atoms with van der Waals surface area (Å²) in [5, 5.41) is 16.9. The van der Waals surface area contributed by atoms with Crippen molar-refractivity contribution in [3.8, 4) is 17.9 Å². The SMILES string of the molecule is N#CC(C#N)=Cc1ccc(F)c(OC(F)(F)F)c1. The van der Waals surface area contributed by atoms with E-state index in [0.29, 0.717) is 0 Å². The maximum absolute atomic E-state index is 13.0. The van der Waals surface area contributed by atoms with Crippen molar-refractivity contribution in [2.45, 2.75) is 6.36 Å². The van der Waals surface area contributed by atoms with E-state index in [1.165, 1.54) is 12.1 Å². The first-order valence-electron chi connectivity index (χ1n) is 4.43. The first-order chi connectivity index (χ1) is 8.35. The number of benzene rings is 1. The van der Waals surface area contributed by atoms with E-state index in [0.717, 1.165) is 24.3 Å². The summed E-state index contributed by atoms with van der Waals surface area (Å²) in [4.78, 5) is 0. The number of ether oxygens (including phenoxy) is 1. The minimum absolute atomic E-state index is 0.0498. The Morgan fingerprint density at radius 3 is 2.33 bits per heavy atom. The fraction of sp³-hybridized carbons (Fsp3) is 0.0909. The second kappa shape index (κ2) is 5.19. The minimum Gasteiger partial charge on any atom is -0.403 e. The van der Waals surface area contributed by atoms with Crippen molar-refractivity contribution in [3.63, 3.8) is 0 Å². The summed E-state index contributed by atoms with van der Waals surface area (Å²) in [6, 6.07) is 5.67. The van der Waals surface area contributed by atoms with E-state index in [9.17, 15) is 17.6 Å². The number of allylic oxidation sites excluding steroid dienone is 1. The minimum atomic E-state index is -5.02. The van der Waals surface area contributed by atoms with Crippen LogP contribution in [0.4, 0.5) is 17.6 Å². The molecule has 0 spiro atoms. The average Bonchev–Trinajstić information content (AvgIpc) is 2.28. The summed E-state index contributed by atoms with van der Waals surface area (Å²) < 4.78 is 52.3. The van der Waals surface area contributed by atoms with Crippen molar-refractivity contribution in [2.24, 2.45) is 0 Å². The van der Waals surface area contributed by atoms with E-state index in [4.69, 9.17) is 10.5 Å². The largest absolute Gasteiger partial charge is 0.573 e. The molecule has 0 unspecified atom stereocenters. The molecule has 1 aromatic rings. The lowest BCUT2D eigenvalue weighted by Crippen LogP contribution is -2.18. The van der Waals surface area contributed by atoms with E-state index in [1.807, 2.05) is 0 Å². The summed E-state index contributed by atoms with van der Waals surface area (Å²) in [7, 11) is 0. The van der Waals surface area contributed by atoms with Gasteiger partial charge in [-0.25, -0.2) is 4.39 Å². The predicted octanol–water partition coefficient (Wildman–Crippen LogP) is 3.15. The van der Waals surface area contributed by atoms with E-state index in [2.05, 4.69) is 4.74 Å². The van der Waals surface area contributed by atoms with Crippen molar-refractivity contribution >= 4 is 6.08 Å². The highest BCUT2D eigenvalue weighted by atomic mass is 19.4. The molecule has 92 valence electrons. The number of halogens is 4. The smallest absolute Gasteiger partial charge is 0.403 e. The number of nitrogens with zero attached hydrogens (tertiary/aromatic N) is 2. The number of hydrogen-bond acceptors (Lipinski definition) is 3. The van der Waals surface area contributed by atoms with Gasteiger partial charge in [0.15, 0.2) is 11.6 Å². The van der Waals surface area contributed by atoms with Gasteiger partial charge >= 0.3 is 6.36 Å². The summed E-state index contributed by atoms with van der Waals surface area (Å²) in [6.45, 7) is 0. The van der Waals surface area contributed by atoms with Gasteiger partial charge in [-0.3, -0.25) is 0 Å². The fourth-order valence-electron chi connectivity index (χ4n) is 1.07. The third kappa shape index (κ3) is 3.80. The summed E-state index contributed by atoms with van der Waals surface area (Å²) in [5.41, 5.74) is -0.270. The quantitative estimate of drug-likeness (QED) is 0.603. The Morgan fingerprint density at radius 1 is 1.22 bits per heavy atom. The molecule has 0 fully saturated rings. The van der Waals surface area contributed by atoms with Crippen LogP contribution in [0, 0.1) is 28.5 Å². The van der Waals surface area contributed by atoms with Gasteiger partial charge in [0.05, 0.1) is 0 Å². The summed E-state index contributed by atoms with van der Waals surface area (Å²) in [6.07, 6.45) is -4.00. The van der Waals surface area contributed by atoms with Gasteiger partial charge in [0.25, 0.3) is 0 Å². The molecular formula is C11H4F4N2O. The molecule has 0 amide bonds. The number of hydrogen-bond donors (Lipinski definition) is 0. The second-order valence-corrected chi connectivity index (χ2v) is 3.02. The summed E-state index contributed by atoms with van der Waals surface area (Å²) in [5.74, 6) is -2.22. The molecule has 0 aliphatic heterocycles. The molecule has 0 saturated heterocycles.